The minimum Gasteiger partial charge on any atom is -0.436 e. The van der Waals surface area contributed by atoms with Gasteiger partial charge in [-0.15, -0.1) is 0 Å². The highest BCUT2D eigenvalue weighted by molar-refractivity contribution is 9.10. The van der Waals surface area contributed by atoms with Gasteiger partial charge in [0.05, 0.1) is 0 Å². The first-order chi connectivity index (χ1) is 9.12. The molecule has 0 aliphatic heterocycles. The van der Waals surface area contributed by atoms with E-state index in [2.05, 4.69) is 20.9 Å². The van der Waals surface area contributed by atoms with Crippen molar-refractivity contribution in [1.82, 2.24) is 4.98 Å². The van der Waals surface area contributed by atoms with Gasteiger partial charge in [0.1, 0.15) is 0 Å². The Morgan fingerprint density at radius 2 is 2.11 bits per heavy atom. The molecule has 1 heterocycles. The Morgan fingerprint density at radius 1 is 1.32 bits per heavy atom. The number of ether oxygens (including phenoxy) is 1. The van der Waals surface area contributed by atoms with Gasteiger partial charge in [0.2, 0.25) is 5.88 Å². The van der Waals surface area contributed by atoms with Crippen LogP contribution in [0, 0.1) is 5.82 Å². The third kappa shape index (κ3) is 3.52. The second kappa shape index (κ2) is 6.12. The summed E-state index contributed by atoms with van der Waals surface area (Å²) in [5.74, 6) is 0.0697. The van der Waals surface area contributed by atoms with E-state index in [-0.39, 0.29) is 5.75 Å². The predicted octanol–water partition coefficient (Wildman–Crippen LogP) is 3.80. The van der Waals surface area contributed by atoms with Crippen LogP contribution >= 0.6 is 15.9 Å². The molecule has 0 bridgehead atoms. The van der Waals surface area contributed by atoms with Crippen LogP contribution in [0.2, 0.25) is 0 Å². The summed E-state index contributed by atoms with van der Waals surface area (Å²) in [6.45, 7) is 2.39. The molecule has 100 valence electrons. The lowest BCUT2D eigenvalue weighted by Gasteiger charge is -2.09. The largest absolute Gasteiger partial charge is 0.436 e. The molecule has 0 saturated carbocycles. The van der Waals surface area contributed by atoms with Crippen LogP contribution < -0.4 is 10.5 Å². The van der Waals surface area contributed by atoms with Gasteiger partial charge in [-0.2, -0.15) is 0 Å². The van der Waals surface area contributed by atoms with Crippen molar-refractivity contribution in [2.45, 2.75) is 19.9 Å². The zero-order valence-electron chi connectivity index (χ0n) is 10.5. The lowest BCUT2D eigenvalue weighted by atomic mass is 10.2. The van der Waals surface area contributed by atoms with E-state index < -0.39 is 5.82 Å². The zero-order chi connectivity index (χ0) is 13.8. The third-order valence-corrected chi connectivity index (χ3v) is 3.11. The number of hydrogen-bond donors (Lipinski definition) is 1. The predicted molar refractivity (Wildman–Crippen MR) is 75.7 cm³/mol. The van der Waals surface area contributed by atoms with Crippen molar-refractivity contribution in [2.24, 2.45) is 5.73 Å². The van der Waals surface area contributed by atoms with E-state index in [9.17, 15) is 4.39 Å². The van der Waals surface area contributed by atoms with Crippen molar-refractivity contribution in [3.8, 4) is 11.6 Å². The molecule has 2 N–H and O–H groups in total. The molecule has 0 saturated heterocycles. The van der Waals surface area contributed by atoms with E-state index >= 15 is 0 Å². The summed E-state index contributed by atoms with van der Waals surface area (Å²) >= 11 is 3.20. The summed E-state index contributed by atoms with van der Waals surface area (Å²) in [5.41, 5.74) is 7.41. The summed E-state index contributed by atoms with van der Waals surface area (Å²) in [4.78, 5) is 4.30. The van der Waals surface area contributed by atoms with Gasteiger partial charge in [-0.1, -0.05) is 22.9 Å². The number of aromatic nitrogens is 1. The number of benzene rings is 1. The molecule has 19 heavy (non-hydrogen) atoms. The van der Waals surface area contributed by atoms with Gasteiger partial charge >= 0.3 is 0 Å². The van der Waals surface area contributed by atoms with Gasteiger partial charge in [-0.25, -0.2) is 9.37 Å². The van der Waals surface area contributed by atoms with Gasteiger partial charge in [0.25, 0.3) is 0 Å². The van der Waals surface area contributed by atoms with Crippen molar-refractivity contribution in [2.75, 3.05) is 0 Å². The minimum atomic E-state index is -0.438. The Balaban J connectivity index is 2.31. The fourth-order valence-electron chi connectivity index (χ4n) is 1.64. The van der Waals surface area contributed by atoms with Crippen LogP contribution in [-0.4, -0.2) is 4.98 Å². The lowest BCUT2D eigenvalue weighted by Crippen LogP contribution is -2.01. The topological polar surface area (TPSA) is 48.1 Å². The average Bonchev–Trinajstić information content (AvgIpc) is 2.41. The molecular formula is C14H14BrFN2O. The fourth-order valence-corrected chi connectivity index (χ4v) is 1.98. The molecule has 1 aromatic carbocycles. The molecule has 0 aliphatic carbocycles. The Morgan fingerprint density at radius 3 is 2.74 bits per heavy atom. The number of hydrogen-bond acceptors (Lipinski definition) is 3. The molecule has 0 amide bonds. The first-order valence-corrected chi connectivity index (χ1v) is 6.74. The van der Waals surface area contributed by atoms with Gasteiger partial charge in [-0.3, -0.25) is 0 Å². The molecular weight excluding hydrogens is 311 g/mol. The first kappa shape index (κ1) is 14.0. The van der Waals surface area contributed by atoms with Crippen molar-refractivity contribution < 1.29 is 9.13 Å². The van der Waals surface area contributed by atoms with Gasteiger partial charge in [0, 0.05) is 22.8 Å². The highest BCUT2D eigenvalue weighted by Gasteiger charge is 2.08. The third-order valence-electron chi connectivity index (χ3n) is 2.62. The summed E-state index contributed by atoms with van der Waals surface area (Å²) in [7, 11) is 0. The number of aryl methyl sites for hydroxylation is 1. The zero-order valence-corrected chi connectivity index (χ0v) is 12.1. The van der Waals surface area contributed by atoms with Gasteiger partial charge < -0.3 is 10.5 Å². The van der Waals surface area contributed by atoms with E-state index in [0.717, 1.165) is 17.7 Å². The lowest BCUT2D eigenvalue weighted by molar-refractivity contribution is 0.425. The number of halogens is 2. The highest BCUT2D eigenvalue weighted by atomic mass is 79.9. The van der Waals surface area contributed by atoms with E-state index in [4.69, 9.17) is 10.5 Å². The molecule has 2 aromatic rings. The molecule has 3 nitrogen and oxygen atoms in total. The molecule has 0 fully saturated rings. The van der Waals surface area contributed by atoms with Gasteiger partial charge in [-0.05, 0) is 36.2 Å². The summed E-state index contributed by atoms with van der Waals surface area (Å²) in [6, 6.07) is 8.27. The molecule has 1 aromatic heterocycles. The van der Waals surface area contributed by atoms with Crippen molar-refractivity contribution in [3.63, 3.8) is 0 Å². The van der Waals surface area contributed by atoms with E-state index in [1.807, 2.05) is 13.0 Å². The van der Waals surface area contributed by atoms with E-state index in [1.165, 1.54) is 6.07 Å². The van der Waals surface area contributed by atoms with Crippen LogP contribution in [0.3, 0.4) is 0 Å². The van der Waals surface area contributed by atoms with Crippen LogP contribution in [0.4, 0.5) is 4.39 Å². The number of nitrogens with zero attached hydrogens (tertiary/aromatic N) is 1. The Hall–Kier alpha value is -1.46. The van der Waals surface area contributed by atoms with Crippen LogP contribution in [0.1, 0.15) is 18.2 Å². The van der Waals surface area contributed by atoms with E-state index in [1.54, 1.807) is 18.2 Å². The molecule has 0 radical (unpaired) electrons. The average molecular weight is 325 g/mol. The van der Waals surface area contributed by atoms with Crippen molar-refractivity contribution >= 4 is 15.9 Å². The SMILES string of the molecule is CCc1cc(CN)cc(Oc2ccc(Br)cc2F)n1. The van der Waals surface area contributed by atoms with Crippen LogP contribution in [0.5, 0.6) is 11.6 Å². The van der Waals surface area contributed by atoms with Crippen molar-refractivity contribution in [3.05, 3.63) is 51.9 Å². The normalized spacial score (nSPS) is 10.5. The number of rotatable bonds is 4. The maximum Gasteiger partial charge on any atom is 0.219 e. The minimum absolute atomic E-state index is 0.145. The number of nitrogens with two attached hydrogens (primary N) is 1. The highest BCUT2D eigenvalue weighted by Crippen LogP contribution is 2.26. The molecule has 0 spiro atoms. The molecule has 0 aliphatic rings. The van der Waals surface area contributed by atoms with E-state index in [0.29, 0.717) is 16.9 Å². The maximum atomic E-state index is 13.7. The second-order valence-electron chi connectivity index (χ2n) is 4.04. The Labute approximate surface area is 119 Å². The van der Waals surface area contributed by atoms with Crippen LogP contribution in [0.25, 0.3) is 0 Å². The maximum absolute atomic E-state index is 13.7. The van der Waals surface area contributed by atoms with Crippen LogP contribution in [0.15, 0.2) is 34.8 Å². The standard InChI is InChI=1S/C14H14BrFN2O/c1-2-11-5-9(8-17)6-14(18-11)19-13-4-3-10(15)7-12(13)16/h3-7H,2,8,17H2,1H3. The quantitative estimate of drug-likeness (QED) is 0.930. The second-order valence-corrected chi connectivity index (χ2v) is 4.96. The summed E-state index contributed by atoms with van der Waals surface area (Å²) in [6.07, 6.45) is 0.771. The Bertz CT molecular complexity index is 567. The van der Waals surface area contributed by atoms with Crippen molar-refractivity contribution in [1.29, 1.82) is 0 Å². The molecule has 2 rings (SSSR count). The first-order valence-electron chi connectivity index (χ1n) is 5.95. The molecule has 0 atom stereocenters. The number of pyridine rings is 1. The monoisotopic (exact) mass is 324 g/mol. The Kier molecular flexibility index (Phi) is 4.50. The molecule has 0 unspecified atom stereocenters. The summed E-state index contributed by atoms with van der Waals surface area (Å²) in [5, 5.41) is 0. The van der Waals surface area contributed by atoms with Gasteiger partial charge in [0.15, 0.2) is 11.6 Å². The summed E-state index contributed by atoms with van der Waals surface area (Å²) < 4.78 is 19.8. The van der Waals surface area contributed by atoms with Crippen LogP contribution in [-0.2, 0) is 13.0 Å². The fraction of sp³-hybridized carbons (Fsp3) is 0.214. The molecule has 5 heteroatoms. The smallest absolute Gasteiger partial charge is 0.219 e.